The maximum atomic E-state index is 12.7. The summed E-state index contributed by atoms with van der Waals surface area (Å²) in [6.45, 7) is 5.61. The van der Waals surface area contributed by atoms with E-state index in [0.29, 0.717) is 24.1 Å². The van der Waals surface area contributed by atoms with Gasteiger partial charge in [-0.15, -0.1) is 0 Å². The van der Waals surface area contributed by atoms with Gasteiger partial charge in [0, 0.05) is 13.0 Å². The number of nitrogens with zero attached hydrogens (tertiary/aromatic N) is 1. The highest BCUT2D eigenvalue weighted by Gasteiger charge is 2.26. The van der Waals surface area contributed by atoms with Gasteiger partial charge in [-0.3, -0.25) is 13.8 Å². The van der Waals surface area contributed by atoms with Crippen molar-refractivity contribution in [1.82, 2.24) is 0 Å². The zero-order valence-electron chi connectivity index (χ0n) is 41.9. The molecule has 0 fully saturated rings. The van der Waals surface area contributed by atoms with Crippen molar-refractivity contribution in [2.45, 2.75) is 258 Å². The van der Waals surface area contributed by atoms with E-state index in [1.54, 1.807) is 0 Å². The van der Waals surface area contributed by atoms with Crippen LogP contribution in [0.1, 0.15) is 251 Å². The number of ether oxygens (including phenoxy) is 2. The van der Waals surface area contributed by atoms with E-state index in [1.165, 1.54) is 173 Å². The molecule has 0 amide bonds. The second-order valence-electron chi connectivity index (χ2n) is 19.3. The van der Waals surface area contributed by atoms with Gasteiger partial charge in [0.2, 0.25) is 0 Å². The van der Waals surface area contributed by atoms with Crippen LogP contribution in [-0.4, -0.2) is 75.6 Å². The molecule has 0 heterocycles. The summed E-state index contributed by atoms with van der Waals surface area (Å²) in [7, 11) is 1.67. The lowest BCUT2D eigenvalue weighted by Crippen LogP contribution is -2.37. The minimum absolute atomic E-state index is 0.0879. The molecule has 0 saturated carbocycles. The molecule has 2 unspecified atom stereocenters. The van der Waals surface area contributed by atoms with Gasteiger partial charge in [-0.1, -0.05) is 231 Å². The average Bonchev–Trinajstić information content (AvgIpc) is 3.23. The molecule has 1 N–H and O–H groups in total. The van der Waals surface area contributed by atoms with Crippen molar-refractivity contribution in [2.24, 2.45) is 0 Å². The van der Waals surface area contributed by atoms with Crippen molar-refractivity contribution in [1.29, 1.82) is 0 Å². The molecule has 0 aliphatic heterocycles. The van der Waals surface area contributed by atoms with Crippen LogP contribution in [0.4, 0.5) is 0 Å². The first kappa shape index (κ1) is 61.0. The standard InChI is InChI=1S/C53H104NO7P/c1-6-8-10-12-14-16-18-20-22-23-24-25-26-27-28-29-30-31-32-33-35-37-39-41-43-45-48-58-50-52(51-60-62(56,57)59-49-47-54(3,4)5)61-53(55)46-44-42-40-38-36-34-21-19-17-15-13-11-9-7-2/h13,15,19,21,52H,6-12,14,16-18,20,22-51H2,1-5H3/p+1/b15-13-,21-19-. The van der Waals surface area contributed by atoms with Crippen LogP contribution >= 0.6 is 7.82 Å². The molecule has 0 bridgehead atoms. The molecule has 368 valence electrons. The Bertz CT molecular complexity index is 1050. The van der Waals surface area contributed by atoms with E-state index < -0.39 is 13.9 Å². The predicted molar refractivity (Wildman–Crippen MR) is 266 cm³/mol. The van der Waals surface area contributed by atoms with E-state index >= 15 is 0 Å². The number of allylic oxidation sites excluding steroid dienone is 4. The molecule has 0 aromatic rings. The Morgan fingerprint density at radius 1 is 0.500 bits per heavy atom. The Kier molecular flexibility index (Phi) is 45.7. The first-order chi connectivity index (χ1) is 30.1. The van der Waals surface area contributed by atoms with Gasteiger partial charge in [0.15, 0.2) is 0 Å². The number of phosphoric ester groups is 1. The molecular formula is C53H105NO7P+. The van der Waals surface area contributed by atoms with Crippen LogP contribution in [0.15, 0.2) is 24.3 Å². The largest absolute Gasteiger partial charge is 0.472 e. The Balaban J connectivity index is 4.01. The molecule has 8 nitrogen and oxygen atoms in total. The van der Waals surface area contributed by atoms with Crippen LogP contribution in [-0.2, 0) is 27.9 Å². The minimum atomic E-state index is -4.28. The first-order valence-electron chi connectivity index (χ1n) is 26.6. The number of esters is 1. The molecule has 62 heavy (non-hydrogen) atoms. The molecule has 9 heteroatoms. The van der Waals surface area contributed by atoms with Crippen LogP contribution in [0.2, 0.25) is 0 Å². The lowest BCUT2D eigenvalue weighted by molar-refractivity contribution is -0.870. The molecule has 0 saturated heterocycles. The summed E-state index contributed by atoms with van der Waals surface area (Å²) in [5.74, 6) is -0.323. The Morgan fingerprint density at radius 3 is 1.35 bits per heavy atom. The van der Waals surface area contributed by atoms with Gasteiger partial charge in [-0.25, -0.2) is 4.57 Å². The number of hydrogen-bond donors (Lipinski definition) is 1. The van der Waals surface area contributed by atoms with Gasteiger partial charge >= 0.3 is 13.8 Å². The zero-order valence-corrected chi connectivity index (χ0v) is 42.8. The molecular weight excluding hydrogens is 794 g/mol. The topological polar surface area (TPSA) is 91.3 Å². The Labute approximate surface area is 385 Å². The average molecular weight is 899 g/mol. The highest BCUT2D eigenvalue weighted by molar-refractivity contribution is 7.47. The van der Waals surface area contributed by atoms with E-state index in [1.807, 2.05) is 21.1 Å². The minimum Gasteiger partial charge on any atom is -0.457 e. The van der Waals surface area contributed by atoms with Gasteiger partial charge in [0.25, 0.3) is 0 Å². The first-order valence-corrected chi connectivity index (χ1v) is 28.1. The molecule has 0 rings (SSSR count). The van der Waals surface area contributed by atoms with Gasteiger partial charge in [-0.2, -0.15) is 0 Å². The number of likely N-dealkylation sites (N-methyl/N-ethyl adjacent to an activating group) is 1. The van der Waals surface area contributed by atoms with Crippen LogP contribution < -0.4 is 0 Å². The van der Waals surface area contributed by atoms with Crippen molar-refractivity contribution >= 4 is 13.8 Å². The van der Waals surface area contributed by atoms with Crippen molar-refractivity contribution < 1.29 is 37.3 Å². The maximum absolute atomic E-state index is 12.7. The number of phosphoric acid groups is 1. The smallest absolute Gasteiger partial charge is 0.457 e. The van der Waals surface area contributed by atoms with Crippen LogP contribution in [0.5, 0.6) is 0 Å². The molecule has 0 aromatic carbocycles. The molecule has 0 spiro atoms. The monoisotopic (exact) mass is 899 g/mol. The number of quaternary nitrogens is 1. The SMILES string of the molecule is CCCC/C=C\C/C=C\CCCCCCCC(=O)OC(COCCCCCCCCCCCCCCCCCCCCCCCCCCCC)COP(=O)(O)OCC[N+](C)(C)C. The second kappa shape index (κ2) is 46.5. The summed E-state index contributed by atoms with van der Waals surface area (Å²) < 4.78 is 35.1. The molecule has 0 aliphatic rings. The van der Waals surface area contributed by atoms with E-state index in [9.17, 15) is 14.3 Å². The summed E-state index contributed by atoms with van der Waals surface area (Å²) in [5, 5.41) is 0. The fourth-order valence-electron chi connectivity index (χ4n) is 7.63. The highest BCUT2D eigenvalue weighted by atomic mass is 31.2. The van der Waals surface area contributed by atoms with E-state index in [-0.39, 0.29) is 25.8 Å². The molecule has 2 atom stereocenters. The number of carbonyl (C=O) groups excluding carboxylic acids is 1. The van der Waals surface area contributed by atoms with Crippen LogP contribution in [0.3, 0.4) is 0 Å². The third-order valence-corrected chi connectivity index (χ3v) is 12.7. The summed E-state index contributed by atoms with van der Waals surface area (Å²) in [4.78, 5) is 23.0. The van der Waals surface area contributed by atoms with Crippen molar-refractivity contribution in [2.75, 3.05) is 54.1 Å². The predicted octanol–water partition coefficient (Wildman–Crippen LogP) is 16.3. The summed E-state index contributed by atoms with van der Waals surface area (Å²) in [5.41, 5.74) is 0. The summed E-state index contributed by atoms with van der Waals surface area (Å²) >= 11 is 0. The summed E-state index contributed by atoms with van der Waals surface area (Å²) in [6.07, 6.45) is 55.3. The quantitative estimate of drug-likeness (QED) is 0.0214. The third kappa shape index (κ3) is 50.0. The number of rotatable bonds is 50. The third-order valence-electron chi connectivity index (χ3n) is 11.8. The number of carbonyl (C=O) groups is 1. The fraction of sp³-hybridized carbons (Fsp3) is 0.906. The lowest BCUT2D eigenvalue weighted by Gasteiger charge is -2.24. The lowest BCUT2D eigenvalue weighted by atomic mass is 10.0. The second-order valence-corrected chi connectivity index (χ2v) is 20.7. The number of unbranched alkanes of at least 4 members (excludes halogenated alkanes) is 32. The molecule has 0 radical (unpaired) electrons. The van der Waals surface area contributed by atoms with Crippen molar-refractivity contribution in [3.8, 4) is 0 Å². The van der Waals surface area contributed by atoms with Crippen molar-refractivity contribution in [3.05, 3.63) is 24.3 Å². The zero-order chi connectivity index (χ0) is 45.5. The van der Waals surface area contributed by atoms with Crippen LogP contribution in [0, 0.1) is 0 Å². The van der Waals surface area contributed by atoms with Gasteiger partial charge in [0.05, 0.1) is 34.4 Å². The van der Waals surface area contributed by atoms with Gasteiger partial charge in [-0.05, 0) is 38.5 Å². The maximum Gasteiger partial charge on any atom is 0.472 e. The molecule has 0 aliphatic carbocycles. The van der Waals surface area contributed by atoms with E-state index in [0.717, 1.165) is 57.8 Å². The fourth-order valence-corrected chi connectivity index (χ4v) is 8.37. The highest BCUT2D eigenvalue weighted by Crippen LogP contribution is 2.43. The van der Waals surface area contributed by atoms with Crippen LogP contribution in [0.25, 0.3) is 0 Å². The normalized spacial score (nSPS) is 13.7. The van der Waals surface area contributed by atoms with Gasteiger partial charge < -0.3 is 18.9 Å². The Morgan fingerprint density at radius 2 is 0.903 bits per heavy atom. The van der Waals surface area contributed by atoms with E-state index in [4.69, 9.17) is 18.5 Å². The number of hydrogen-bond acceptors (Lipinski definition) is 6. The van der Waals surface area contributed by atoms with Crippen molar-refractivity contribution in [3.63, 3.8) is 0 Å². The Hall–Kier alpha value is -1.02. The van der Waals surface area contributed by atoms with E-state index in [2.05, 4.69) is 38.2 Å². The summed E-state index contributed by atoms with van der Waals surface area (Å²) in [6, 6.07) is 0. The van der Waals surface area contributed by atoms with Gasteiger partial charge in [0.1, 0.15) is 19.3 Å². The molecule has 0 aromatic heterocycles.